The van der Waals surface area contributed by atoms with Gasteiger partial charge in [0, 0.05) is 20.6 Å². The highest BCUT2D eigenvalue weighted by Gasteiger charge is 2.13. The number of hydrogen-bond donors (Lipinski definition) is 0. The quantitative estimate of drug-likeness (QED) is 0.290. The van der Waals surface area contributed by atoms with Crippen molar-refractivity contribution in [2.45, 2.75) is 6.61 Å². The van der Waals surface area contributed by atoms with E-state index in [9.17, 15) is 9.65 Å². The van der Waals surface area contributed by atoms with Crippen LogP contribution in [-0.4, -0.2) is 7.11 Å². The molecule has 29 heavy (non-hydrogen) atoms. The summed E-state index contributed by atoms with van der Waals surface area (Å²) in [5.41, 5.74) is 1.95. The van der Waals surface area contributed by atoms with Crippen LogP contribution >= 0.6 is 27.5 Å². The molecule has 0 spiro atoms. The fraction of sp³-hybridized carbons (Fsp3) is 0.0870. The molecular weight excluding hydrogens is 457 g/mol. The first-order valence-electron chi connectivity index (χ1n) is 8.64. The highest BCUT2D eigenvalue weighted by molar-refractivity contribution is 9.10. The van der Waals surface area contributed by atoms with Crippen molar-refractivity contribution in [3.8, 4) is 17.6 Å². The van der Waals surface area contributed by atoms with Crippen LogP contribution in [0.3, 0.4) is 0 Å². The van der Waals surface area contributed by atoms with E-state index in [0.717, 1.165) is 5.56 Å². The molecule has 0 heterocycles. The normalized spacial score (nSPS) is 11.1. The first kappa shape index (κ1) is 20.9. The number of methoxy groups -OCH3 is 1. The Bertz CT molecular complexity index is 1110. The van der Waals surface area contributed by atoms with Gasteiger partial charge in [0.2, 0.25) is 0 Å². The predicted molar refractivity (Wildman–Crippen MR) is 116 cm³/mol. The topological polar surface area (TPSA) is 42.2 Å². The second-order valence-corrected chi connectivity index (χ2v) is 7.32. The molecule has 6 heteroatoms. The lowest BCUT2D eigenvalue weighted by Crippen LogP contribution is -1.99. The maximum atomic E-state index is 14.1. The van der Waals surface area contributed by atoms with E-state index in [2.05, 4.69) is 22.0 Å². The molecular formula is C23H16BrClFNO2. The van der Waals surface area contributed by atoms with Crippen molar-refractivity contribution in [2.24, 2.45) is 0 Å². The molecule has 0 radical (unpaired) electrons. The van der Waals surface area contributed by atoms with Crippen molar-refractivity contribution in [2.75, 3.05) is 7.11 Å². The van der Waals surface area contributed by atoms with E-state index in [1.165, 1.54) is 13.2 Å². The predicted octanol–water partition coefficient (Wildman–Crippen LogP) is 6.89. The lowest BCUT2D eigenvalue weighted by Gasteiger charge is -2.14. The summed E-state index contributed by atoms with van der Waals surface area (Å²) < 4.78 is 26.1. The standard InChI is InChI=1S/C23H16BrClFNO2/c1-28-22-11-16(10-17(13-27)18-7-3-5-9-21(18)26)19(24)12-23(22)29-14-15-6-2-4-8-20(15)25/h2-12H,14H2,1H3. The van der Waals surface area contributed by atoms with E-state index < -0.39 is 5.82 Å². The molecule has 0 aliphatic rings. The third kappa shape index (κ3) is 4.97. The van der Waals surface area contributed by atoms with Gasteiger partial charge < -0.3 is 9.47 Å². The molecule has 0 atom stereocenters. The number of benzene rings is 3. The molecule has 0 aliphatic carbocycles. The van der Waals surface area contributed by atoms with Gasteiger partial charge in [-0.2, -0.15) is 5.26 Å². The van der Waals surface area contributed by atoms with Gasteiger partial charge in [-0.1, -0.05) is 63.9 Å². The molecule has 0 saturated heterocycles. The molecule has 0 N–H and O–H groups in total. The Kier molecular flexibility index (Phi) is 6.92. The Morgan fingerprint density at radius 1 is 1.14 bits per heavy atom. The lowest BCUT2D eigenvalue weighted by molar-refractivity contribution is 0.284. The SMILES string of the molecule is COc1cc(C=C(C#N)c2ccccc2F)c(Br)cc1OCc1ccccc1Cl. The number of hydrogen-bond acceptors (Lipinski definition) is 3. The molecule has 0 fully saturated rings. The zero-order valence-electron chi connectivity index (χ0n) is 15.5. The van der Waals surface area contributed by atoms with Gasteiger partial charge in [0.25, 0.3) is 0 Å². The van der Waals surface area contributed by atoms with Crippen LogP contribution in [0.5, 0.6) is 11.5 Å². The molecule has 0 unspecified atom stereocenters. The molecule has 3 aromatic rings. The summed E-state index contributed by atoms with van der Waals surface area (Å²) in [5.74, 6) is 0.543. The van der Waals surface area contributed by atoms with Crippen LogP contribution in [0, 0.1) is 17.1 Å². The zero-order chi connectivity index (χ0) is 20.8. The summed E-state index contributed by atoms with van der Waals surface area (Å²) in [4.78, 5) is 0. The van der Waals surface area contributed by atoms with E-state index in [1.807, 2.05) is 18.2 Å². The van der Waals surface area contributed by atoms with Gasteiger partial charge in [-0.25, -0.2) is 4.39 Å². The van der Waals surface area contributed by atoms with Gasteiger partial charge in [-0.3, -0.25) is 0 Å². The van der Waals surface area contributed by atoms with Gasteiger partial charge in [0.15, 0.2) is 11.5 Å². The highest BCUT2D eigenvalue weighted by Crippen LogP contribution is 2.36. The largest absolute Gasteiger partial charge is 0.493 e. The molecule has 3 nitrogen and oxygen atoms in total. The van der Waals surface area contributed by atoms with Gasteiger partial charge in [-0.15, -0.1) is 0 Å². The molecule has 146 valence electrons. The minimum absolute atomic E-state index is 0.204. The van der Waals surface area contributed by atoms with Gasteiger partial charge in [0.1, 0.15) is 12.4 Å². The number of nitriles is 1. The second kappa shape index (κ2) is 9.60. The summed E-state index contributed by atoms with van der Waals surface area (Å²) >= 11 is 9.67. The monoisotopic (exact) mass is 471 g/mol. The molecule has 0 aromatic heterocycles. The number of allylic oxidation sites excluding steroid dienone is 1. The maximum absolute atomic E-state index is 14.1. The Morgan fingerprint density at radius 3 is 2.55 bits per heavy atom. The molecule has 0 saturated carbocycles. The van der Waals surface area contributed by atoms with Gasteiger partial charge in [0.05, 0.1) is 18.8 Å². The number of ether oxygens (including phenoxy) is 2. The maximum Gasteiger partial charge on any atom is 0.162 e. The van der Waals surface area contributed by atoms with Crippen molar-refractivity contribution >= 4 is 39.2 Å². The lowest BCUT2D eigenvalue weighted by atomic mass is 10.0. The zero-order valence-corrected chi connectivity index (χ0v) is 17.8. The van der Waals surface area contributed by atoms with Crippen LogP contribution in [0.2, 0.25) is 5.02 Å². The van der Waals surface area contributed by atoms with E-state index in [-0.39, 0.29) is 17.7 Å². The van der Waals surface area contributed by atoms with Gasteiger partial charge >= 0.3 is 0 Å². The Morgan fingerprint density at radius 2 is 1.86 bits per heavy atom. The van der Waals surface area contributed by atoms with Crippen LogP contribution < -0.4 is 9.47 Å². The third-order valence-electron chi connectivity index (χ3n) is 4.21. The summed E-state index contributed by atoms with van der Waals surface area (Å²) in [5, 5.41) is 10.1. The Labute approximate surface area is 182 Å². The van der Waals surface area contributed by atoms with Crippen LogP contribution in [0.25, 0.3) is 11.6 Å². The van der Waals surface area contributed by atoms with Crippen molar-refractivity contribution in [1.29, 1.82) is 5.26 Å². The number of nitrogens with zero attached hydrogens (tertiary/aromatic N) is 1. The fourth-order valence-corrected chi connectivity index (χ4v) is 3.34. The minimum atomic E-state index is -0.455. The Balaban J connectivity index is 1.93. The van der Waals surface area contributed by atoms with Gasteiger partial charge in [-0.05, 0) is 35.9 Å². The van der Waals surface area contributed by atoms with Crippen LogP contribution in [0.4, 0.5) is 4.39 Å². The third-order valence-corrected chi connectivity index (χ3v) is 5.26. The van der Waals surface area contributed by atoms with E-state index >= 15 is 0 Å². The van der Waals surface area contributed by atoms with Crippen molar-refractivity contribution in [1.82, 2.24) is 0 Å². The van der Waals surface area contributed by atoms with E-state index in [4.69, 9.17) is 21.1 Å². The summed E-state index contributed by atoms with van der Waals surface area (Å²) in [6.07, 6.45) is 1.60. The smallest absolute Gasteiger partial charge is 0.162 e. The average Bonchev–Trinajstić information content (AvgIpc) is 2.73. The van der Waals surface area contributed by atoms with E-state index in [0.29, 0.717) is 26.6 Å². The minimum Gasteiger partial charge on any atom is -0.493 e. The Hall–Kier alpha value is -2.81. The van der Waals surface area contributed by atoms with Crippen molar-refractivity contribution in [3.05, 3.63) is 92.7 Å². The number of rotatable bonds is 6. The highest BCUT2D eigenvalue weighted by atomic mass is 79.9. The van der Waals surface area contributed by atoms with Crippen molar-refractivity contribution < 1.29 is 13.9 Å². The van der Waals surface area contributed by atoms with Crippen molar-refractivity contribution in [3.63, 3.8) is 0 Å². The molecule has 0 amide bonds. The summed E-state index contributed by atoms with van der Waals surface area (Å²) in [7, 11) is 1.53. The first-order valence-corrected chi connectivity index (χ1v) is 9.81. The van der Waals surface area contributed by atoms with Crippen LogP contribution in [0.15, 0.2) is 65.1 Å². The summed E-state index contributed by atoms with van der Waals surface area (Å²) in [6.45, 7) is 0.274. The van der Waals surface area contributed by atoms with E-state index in [1.54, 1.807) is 42.5 Å². The fourth-order valence-electron chi connectivity index (χ4n) is 2.71. The van der Waals surface area contributed by atoms with Crippen LogP contribution in [0.1, 0.15) is 16.7 Å². The number of halogens is 3. The van der Waals surface area contributed by atoms with Crippen LogP contribution in [-0.2, 0) is 6.61 Å². The second-order valence-electron chi connectivity index (χ2n) is 6.05. The molecule has 3 aromatic carbocycles. The summed E-state index contributed by atoms with van der Waals surface area (Å²) in [6, 6.07) is 19.1. The average molecular weight is 473 g/mol. The molecule has 0 bridgehead atoms. The first-order chi connectivity index (χ1) is 14.0. The molecule has 3 rings (SSSR count). The molecule has 0 aliphatic heterocycles.